The predicted octanol–water partition coefficient (Wildman–Crippen LogP) is 4.90. The molecular weight excluding hydrogens is 410 g/mol. The fourth-order valence-electron chi connectivity index (χ4n) is 6.06. The van der Waals surface area contributed by atoms with Gasteiger partial charge in [0.2, 0.25) is 0 Å². The van der Waals surface area contributed by atoms with Gasteiger partial charge in [-0.15, -0.1) is 0 Å². The lowest BCUT2D eigenvalue weighted by molar-refractivity contribution is 0.301. The molecule has 0 bridgehead atoms. The van der Waals surface area contributed by atoms with Crippen molar-refractivity contribution in [2.24, 2.45) is 0 Å². The maximum atomic E-state index is 4.98. The van der Waals surface area contributed by atoms with Gasteiger partial charge in [-0.05, 0) is 68.7 Å². The number of para-hydroxylation sites is 1. The van der Waals surface area contributed by atoms with Crippen LogP contribution in [-0.4, -0.2) is 37.2 Å². The van der Waals surface area contributed by atoms with Gasteiger partial charge in [-0.3, -0.25) is 10.1 Å². The zero-order valence-corrected chi connectivity index (χ0v) is 18.6. The monoisotopic (exact) mass is 437 g/mol. The van der Waals surface area contributed by atoms with Crippen LogP contribution in [0.5, 0.6) is 0 Å². The highest BCUT2D eigenvalue weighted by molar-refractivity contribution is 5.86. The van der Waals surface area contributed by atoms with E-state index in [2.05, 4.69) is 55.7 Å². The molecule has 1 spiro atoms. The Hall–Kier alpha value is -3.48. The summed E-state index contributed by atoms with van der Waals surface area (Å²) in [6.45, 7) is 0.919. The number of aromatic amines is 1. The lowest BCUT2D eigenvalue weighted by Gasteiger charge is -2.37. The number of rotatable bonds is 2. The van der Waals surface area contributed by atoms with Crippen molar-refractivity contribution in [1.29, 1.82) is 0 Å². The summed E-state index contributed by atoms with van der Waals surface area (Å²) >= 11 is 0. The van der Waals surface area contributed by atoms with Crippen molar-refractivity contribution in [3.63, 3.8) is 0 Å². The molecule has 0 saturated heterocycles. The summed E-state index contributed by atoms with van der Waals surface area (Å²) in [4.78, 5) is 16.6. The molecule has 33 heavy (non-hydrogen) atoms. The van der Waals surface area contributed by atoms with Crippen LogP contribution in [0.1, 0.15) is 55.0 Å². The number of hydrogen-bond donors (Lipinski definition) is 2. The molecule has 2 aliphatic heterocycles. The van der Waals surface area contributed by atoms with Crippen molar-refractivity contribution in [3.05, 3.63) is 65.7 Å². The van der Waals surface area contributed by atoms with Crippen LogP contribution in [0.3, 0.4) is 0 Å². The average molecular weight is 438 g/mol. The largest absolute Gasteiger partial charge is 0.379 e. The van der Waals surface area contributed by atoms with Crippen LogP contribution in [0.4, 0.5) is 17.2 Å². The van der Waals surface area contributed by atoms with Crippen molar-refractivity contribution >= 4 is 28.4 Å². The summed E-state index contributed by atoms with van der Waals surface area (Å²) in [5.41, 5.74) is 7.96. The second-order valence-electron chi connectivity index (χ2n) is 9.78. The second kappa shape index (κ2) is 7.27. The minimum Gasteiger partial charge on any atom is -0.379 e. The number of pyridine rings is 1. The number of aromatic nitrogens is 5. The van der Waals surface area contributed by atoms with Crippen LogP contribution < -0.4 is 10.2 Å². The summed E-state index contributed by atoms with van der Waals surface area (Å²) in [6.07, 6.45) is 11.6. The molecule has 1 saturated carbocycles. The maximum Gasteiger partial charge on any atom is 0.183 e. The molecule has 0 radical (unpaired) electrons. The average Bonchev–Trinajstić information content (AvgIpc) is 3.44. The Bertz CT molecular complexity index is 1310. The molecule has 7 nitrogen and oxygen atoms in total. The van der Waals surface area contributed by atoms with E-state index in [1.54, 1.807) is 0 Å². The predicted molar refractivity (Wildman–Crippen MR) is 129 cm³/mol. The number of fused-ring (bicyclic) bond motifs is 3. The van der Waals surface area contributed by atoms with E-state index in [1.165, 1.54) is 11.3 Å². The van der Waals surface area contributed by atoms with E-state index >= 15 is 0 Å². The molecule has 0 atom stereocenters. The van der Waals surface area contributed by atoms with Gasteiger partial charge in [0.25, 0.3) is 0 Å². The molecule has 166 valence electrons. The van der Waals surface area contributed by atoms with E-state index in [0.717, 1.165) is 85.5 Å². The fraction of sp³-hybridized carbons (Fsp3) is 0.385. The molecule has 3 aromatic heterocycles. The smallest absolute Gasteiger partial charge is 0.183 e. The lowest BCUT2D eigenvalue weighted by atomic mass is 9.74. The highest BCUT2D eigenvalue weighted by Gasteiger charge is 2.40. The number of H-pyrrole nitrogens is 1. The molecule has 7 rings (SSSR count). The highest BCUT2D eigenvalue weighted by Crippen LogP contribution is 2.45. The number of nitrogens with one attached hydrogen (secondary N) is 2. The van der Waals surface area contributed by atoms with Crippen molar-refractivity contribution in [3.8, 4) is 0 Å². The first kappa shape index (κ1) is 19.0. The molecular formula is C26H27N7. The van der Waals surface area contributed by atoms with Gasteiger partial charge >= 0.3 is 0 Å². The van der Waals surface area contributed by atoms with Crippen molar-refractivity contribution in [2.45, 2.75) is 56.4 Å². The van der Waals surface area contributed by atoms with Gasteiger partial charge in [-0.2, -0.15) is 5.10 Å². The minimum absolute atomic E-state index is 0.217. The molecule has 3 aliphatic rings. The topological polar surface area (TPSA) is 82.6 Å². The van der Waals surface area contributed by atoms with Crippen LogP contribution in [0.2, 0.25) is 0 Å². The Labute approximate surface area is 192 Å². The molecule has 5 heterocycles. The molecule has 0 amide bonds. The third-order valence-electron chi connectivity index (χ3n) is 7.79. The lowest BCUT2D eigenvalue weighted by Crippen LogP contribution is -2.39. The van der Waals surface area contributed by atoms with E-state index < -0.39 is 0 Å². The van der Waals surface area contributed by atoms with Crippen molar-refractivity contribution in [1.82, 2.24) is 25.1 Å². The Morgan fingerprint density at radius 2 is 1.94 bits per heavy atom. The summed E-state index contributed by atoms with van der Waals surface area (Å²) in [7, 11) is 0. The van der Waals surface area contributed by atoms with E-state index in [1.807, 2.05) is 18.5 Å². The third kappa shape index (κ3) is 3.09. The summed E-state index contributed by atoms with van der Waals surface area (Å²) < 4.78 is 0. The van der Waals surface area contributed by atoms with Crippen LogP contribution in [0.15, 0.2) is 48.8 Å². The fourth-order valence-corrected chi connectivity index (χ4v) is 6.06. The third-order valence-corrected chi connectivity index (χ3v) is 7.79. The van der Waals surface area contributed by atoms with Gasteiger partial charge in [0.05, 0.1) is 17.1 Å². The van der Waals surface area contributed by atoms with E-state index in [-0.39, 0.29) is 5.54 Å². The van der Waals surface area contributed by atoms with Gasteiger partial charge in [-0.25, -0.2) is 9.97 Å². The molecule has 0 unspecified atom stereocenters. The van der Waals surface area contributed by atoms with Crippen LogP contribution in [-0.2, 0) is 12.8 Å². The zero-order chi connectivity index (χ0) is 21.8. The molecule has 1 aliphatic carbocycles. The number of anilines is 3. The standard InChI is InChI=1S/C26H27N7/c1-2-6-19-18(5-1)15-26(30-19)11-9-17(10-12-26)21-16-28-23-24(29-21)31-32-25(23)33-14-4-7-20-22(33)8-3-13-27-20/h1-3,5-6,8,13,16-17,30H,4,7,9-12,14-15H2,(H,29,31,32). The Kier molecular flexibility index (Phi) is 4.19. The number of aryl methyl sites for hydroxylation is 1. The number of benzene rings is 1. The molecule has 1 aromatic carbocycles. The van der Waals surface area contributed by atoms with Gasteiger partial charge in [0, 0.05) is 36.1 Å². The second-order valence-corrected chi connectivity index (χ2v) is 9.78. The quantitative estimate of drug-likeness (QED) is 0.464. The molecule has 7 heteroatoms. The zero-order valence-electron chi connectivity index (χ0n) is 18.6. The minimum atomic E-state index is 0.217. The first-order valence-corrected chi connectivity index (χ1v) is 12.1. The van der Waals surface area contributed by atoms with Gasteiger partial charge in [0.15, 0.2) is 17.0 Å². The molecule has 1 fully saturated rings. The SMILES string of the molecule is c1ccc2c(c1)CC1(CCC(c3cnc4c(N5CCCc6ncccc65)n[nH]c4n3)CC1)N2. The van der Waals surface area contributed by atoms with Gasteiger partial charge < -0.3 is 10.2 Å². The number of hydrogen-bond acceptors (Lipinski definition) is 6. The summed E-state index contributed by atoms with van der Waals surface area (Å²) in [6, 6.07) is 12.9. The van der Waals surface area contributed by atoms with E-state index in [4.69, 9.17) is 9.97 Å². The first-order chi connectivity index (χ1) is 16.3. The van der Waals surface area contributed by atoms with Crippen LogP contribution in [0.25, 0.3) is 11.2 Å². The van der Waals surface area contributed by atoms with Crippen LogP contribution in [0, 0.1) is 0 Å². The van der Waals surface area contributed by atoms with Crippen LogP contribution >= 0.6 is 0 Å². The maximum absolute atomic E-state index is 4.98. The first-order valence-electron chi connectivity index (χ1n) is 12.1. The normalized spacial score (nSPS) is 24.0. The van der Waals surface area contributed by atoms with Gasteiger partial charge in [0.1, 0.15) is 0 Å². The molecule has 2 N–H and O–H groups in total. The number of nitrogens with zero attached hydrogens (tertiary/aromatic N) is 5. The van der Waals surface area contributed by atoms with Crippen molar-refractivity contribution in [2.75, 3.05) is 16.8 Å². The van der Waals surface area contributed by atoms with E-state index in [9.17, 15) is 0 Å². The van der Waals surface area contributed by atoms with Gasteiger partial charge in [-0.1, -0.05) is 18.2 Å². The Morgan fingerprint density at radius 1 is 1.03 bits per heavy atom. The Morgan fingerprint density at radius 3 is 2.85 bits per heavy atom. The van der Waals surface area contributed by atoms with E-state index in [0.29, 0.717) is 5.92 Å². The summed E-state index contributed by atoms with van der Waals surface area (Å²) in [5, 5.41) is 11.6. The summed E-state index contributed by atoms with van der Waals surface area (Å²) in [5.74, 6) is 1.30. The molecule has 4 aromatic rings. The van der Waals surface area contributed by atoms with Crippen molar-refractivity contribution < 1.29 is 0 Å². The Balaban J connectivity index is 1.12. The highest BCUT2D eigenvalue weighted by atomic mass is 15.3.